The molecule has 1 aromatic heterocycles. The third kappa shape index (κ3) is 5.17. The zero-order chi connectivity index (χ0) is 22.5. The van der Waals surface area contributed by atoms with Gasteiger partial charge in [0, 0.05) is 50.8 Å². The number of urea groups is 1. The Hall–Kier alpha value is -3.18. The van der Waals surface area contributed by atoms with E-state index in [9.17, 15) is 4.79 Å². The van der Waals surface area contributed by atoms with E-state index < -0.39 is 0 Å². The Labute approximate surface area is 189 Å². The van der Waals surface area contributed by atoms with Gasteiger partial charge in [-0.15, -0.1) is 0 Å². The minimum atomic E-state index is 0.0203. The summed E-state index contributed by atoms with van der Waals surface area (Å²) in [5.41, 5.74) is 1.78. The number of nitrogens with one attached hydrogen (secondary N) is 1. The number of likely N-dealkylation sites (tertiary alicyclic amines) is 1. The predicted molar refractivity (Wildman–Crippen MR) is 123 cm³/mol. The molecule has 0 radical (unpaired) electrons. The van der Waals surface area contributed by atoms with Gasteiger partial charge in [0.2, 0.25) is 5.95 Å². The second kappa shape index (κ2) is 9.96. The molecular formula is C24H31N7O. The van der Waals surface area contributed by atoms with E-state index in [0.29, 0.717) is 24.6 Å². The van der Waals surface area contributed by atoms with Gasteiger partial charge >= 0.3 is 6.03 Å². The highest BCUT2D eigenvalue weighted by Crippen LogP contribution is 2.21. The number of hydrogen-bond donors (Lipinski definition) is 1. The highest BCUT2D eigenvalue weighted by atomic mass is 16.2. The van der Waals surface area contributed by atoms with Crippen LogP contribution >= 0.6 is 0 Å². The summed E-state index contributed by atoms with van der Waals surface area (Å²) >= 11 is 0. The number of piperazine rings is 1. The number of nitriles is 1. The quantitative estimate of drug-likeness (QED) is 0.797. The summed E-state index contributed by atoms with van der Waals surface area (Å²) in [6.45, 7) is 8.42. The van der Waals surface area contributed by atoms with Crippen molar-refractivity contribution >= 4 is 12.0 Å². The number of rotatable bonds is 4. The minimum absolute atomic E-state index is 0.0203. The Bertz CT molecular complexity index is 923. The Morgan fingerprint density at radius 2 is 1.72 bits per heavy atom. The molecule has 2 amide bonds. The molecule has 2 aromatic rings. The molecule has 1 N–H and O–H groups in total. The molecule has 2 saturated heterocycles. The normalized spacial score (nSPS) is 22.4. The van der Waals surface area contributed by atoms with Crippen molar-refractivity contribution in [2.45, 2.75) is 51.4 Å². The van der Waals surface area contributed by atoms with Gasteiger partial charge < -0.3 is 15.1 Å². The summed E-state index contributed by atoms with van der Waals surface area (Å²) in [7, 11) is 0. The number of piperidine rings is 1. The lowest BCUT2D eigenvalue weighted by Gasteiger charge is -2.45. The Morgan fingerprint density at radius 3 is 2.31 bits per heavy atom. The molecule has 168 valence electrons. The second-order valence-electron chi connectivity index (χ2n) is 8.88. The average molecular weight is 434 g/mol. The SMILES string of the molecule is C[C@H]1CN(c2ncc(C#N)cn2)C[C@H](C)N1C(=O)NC1CCN(Cc2ccccc2)CC1. The number of aromatic nitrogens is 2. The fourth-order valence-electron chi connectivity index (χ4n) is 4.75. The van der Waals surface area contributed by atoms with E-state index in [1.54, 1.807) is 12.4 Å². The summed E-state index contributed by atoms with van der Waals surface area (Å²) in [4.78, 5) is 28.2. The highest BCUT2D eigenvalue weighted by Gasteiger charge is 2.35. The predicted octanol–water partition coefficient (Wildman–Crippen LogP) is 2.62. The molecule has 32 heavy (non-hydrogen) atoms. The van der Waals surface area contributed by atoms with Gasteiger partial charge in [0.1, 0.15) is 6.07 Å². The van der Waals surface area contributed by atoms with Crippen molar-refractivity contribution in [2.75, 3.05) is 31.1 Å². The van der Waals surface area contributed by atoms with Gasteiger partial charge in [0.25, 0.3) is 0 Å². The van der Waals surface area contributed by atoms with Crippen LogP contribution in [-0.4, -0.2) is 70.1 Å². The van der Waals surface area contributed by atoms with E-state index in [-0.39, 0.29) is 24.2 Å². The maximum atomic E-state index is 13.1. The standard InChI is InChI=1S/C24H31N7O/c1-18-15-30(23-26-13-21(12-25)14-27-23)16-19(2)31(18)24(32)28-22-8-10-29(11-9-22)17-20-6-4-3-5-7-20/h3-7,13-14,18-19,22H,8-11,15-17H2,1-2H3,(H,28,32)/t18-,19-/m0/s1. The third-order valence-corrected chi connectivity index (χ3v) is 6.37. The van der Waals surface area contributed by atoms with E-state index in [2.05, 4.69) is 63.2 Å². The van der Waals surface area contributed by atoms with Gasteiger partial charge in [-0.1, -0.05) is 30.3 Å². The van der Waals surface area contributed by atoms with Crippen molar-refractivity contribution < 1.29 is 4.79 Å². The van der Waals surface area contributed by atoms with Crippen LogP contribution in [0.15, 0.2) is 42.7 Å². The zero-order valence-corrected chi connectivity index (χ0v) is 18.8. The zero-order valence-electron chi connectivity index (χ0n) is 18.8. The number of anilines is 1. The summed E-state index contributed by atoms with van der Waals surface area (Å²) in [6, 6.07) is 12.9. The molecule has 0 unspecified atom stereocenters. The van der Waals surface area contributed by atoms with Gasteiger partial charge in [0.05, 0.1) is 18.0 Å². The summed E-state index contributed by atoms with van der Waals surface area (Å²) in [6.07, 6.45) is 5.03. The molecular weight excluding hydrogens is 402 g/mol. The molecule has 2 atom stereocenters. The van der Waals surface area contributed by atoms with E-state index in [1.165, 1.54) is 5.56 Å². The maximum absolute atomic E-state index is 13.1. The fourth-order valence-corrected chi connectivity index (χ4v) is 4.75. The molecule has 3 heterocycles. The van der Waals surface area contributed by atoms with E-state index in [4.69, 9.17) is 5.26 Å². The highest BCUT2D eigenvalue weighted by molar-refractivity contribution is 5.75. The first-order valence-electron chi connectivity index (χ1n) is 11.4. The fraction of sp³-hybridized carbons (Fsp3) is 0.500. The van der Waals surface area contributed by atoms with Crippen LogP contribution in [0.4, 0.5) is 10.7 Å². The molecule has 0 spiro atoms. The maximum Gasteiger partial charge on any atom is 0.318 e. The molecule has 0 saturated carbocycles. The first-order valence-corrected chi connectivity index (χ1v) is 11.4. The van der Waals surface area contributed by atoms with Crippen LogP contribution in [0.25, 0.3) is 0 Å². The van der Waals surface area contributed by atoms with Crippen LogP contribution in [-0.2, 0) is 6.54 Å². The van der Waals surface area contributed by atoms with E-state index in [1.807, 2.05) is 17.0 Å². The van der Waals surface area contributed by atoms with Crippen molar-refractivity contribution in [2.24, 2.45) is 0 Å². The lowest BCUT2D eigenvalue weighted by Crippen LogP contribution is -2.62. The average Bonchev–Trinajstić information content (AvgIpc) is 2.80. The molecule has 0 bridgehead atoms. The van der Waals surface area contributed by atoms with E-state index >= 15 is 0 Å². The second-order valence-corrected chi connectivity index (χ2v) is 8.88. The van der Waals surface area contributed by atoms with Gasteiger partial charge in [-0.3, -0.25) is 4.90 Å². The Balaban J connectivity index is 1.28. The Morgan fingerprint density at radius 1 is 1.09 bits per heavy atom. The van der Waals surface area contributed by atoms with Crippen molar-refractivity contribution in [3.63, 3.8) is 0 Å². The first-order chi connectivity index (χ1) is 15.5. The van der Waals surface area contributed by atoms with Crippen LogP contribution in [0.1, 0.15) is 37.8 Å². The number of carbonyl (C=O) groups is 1. The number of hydrogen-bond acceptors (Lipinski definition) is 6. The van der Waals surface area contributed by atoms with Crippen LogP contribution in [0.2, 0.25) is 0 Å². The summed E-state index contributed by atoms with van der Waals surface area (Å²) < 4.78 is 0. The molecule has 2 aliphatic rings. The lowest BCUT2D eigenvalue weighted by atomic mass is 10.0. The number of amides is 2. The van der Waals surface area contributed by atoms with Gasteiger partial charge in [0.15, 0.2) is 0 Å². The largest absolute Gasteiger partial charge is 0.337 e. The van der Waals surface area contributed by atoms with E-state index in [0.717, 1.165) is 32.5 Å². The van der Waals surface area contributed by atoms with Crippen LogP contribution in [0, 0.1) is 11.3 Å². The molecule has 4 rings (SSSR count). The molecule has 2 fully saturated rings. The molecule has 1 aromatic carbocycles. The number of nitrogens with zero attached hydrogens (tertiary/aromatic N) is 6. The van der Waals surface area contributed by atoms with Crippen molar-refractivity contribution in [3.8, 4) is 6.07 Å². The van der Waals surface area contributed by atoms with Crippen LogP contribution in [0.3, 0.4) is 0 Å². The minimum Gasteiger partial charge on any atom is -0.337 e. The van der Waals surface area contributed by atoms with Crippen LogP contribution in [0.5, 0.6) is 0 Å². The topological polar surface area (TPSA) is 88.4 Å². The molecule has 0 aliphatic carbocycles. The van der Waals surface area contributed by atoms with Crippen molar-refractivity contribution in [1.29, 1.82) is 5.26 Å². The first kappa shape index (κ1) is 22.0. The molecule has 2 aliphatic heterocycles. The smallest absolute Gasteiger partial charge is 0.318 e. The van der Waals surface area contributed by atoms with Gasteiger partial charge in [-0.25, -0.2) is 14.8 Å². The van der Waals surface area contributed by atoms with Crippen molar-refractivity contribution in [3.05, 3.63) is 53.9 Å². The Kier molecular flexibility index (Phi) is 6.86. The third-order valence-electron chi connectivity index (χ3n) is 6.37. The van der Waals surface area contributed by atoms with Crippen molar-refractivity contribution in [1.82, 2.24) is 25.1 Å². The van der Waals surface area contributed by atoms with Gasteiger partial charge in [-0.2, -0.15) is 5.26 Å². The molecule has 8 heteroatoms. The van der Waals surface area contributed by atoms with Gasteiger partial charge in [-0.05, 0) is 32.3 Å². The number of benzene rings is 1. The summed E-state index contributed by atoms with van der Waals surface area (Å²) in [5.74, 6) is 0.605. The lowest BCUT2D eigenvalue weighted by molar-refractivity contribution is 0.130. The number of carbonyl (C=O) groups excluding carboxylic acids is 1. The summed E-state index contributed by atoms with van der Waals surface area (Å²) in [5, 5.41) is 12.2. The molecule has 8 nitrogen and oxygen atoms in total. The van der Waals surface area contributed by atoms with Crippen LogP contribution < -0.4 is 10.2 Å². The monoisotopic (exact) mass is 433 g/mol.